The Morgan fingerprint density at radius 3 is 3.00 bits per heavy atom. The zero-order valence-corrected chi connectivity index (χ0v) is 13.0. The Morgan fingerprint density at radius 2 is 2.15 bits per heavy atom. The van der Waals surface area contributed by atoms with Crippen LogP contribution < -0.4 is 5.32 Å². The lowest BCUT2D eigenvalue weighted by Gasteiger charge is -1.93. The summed E-state index contributed by atoms with van der Waals surface area (Å²) >= 11 is 4.96. The Balaban J connectivity index is 1.63. The van der Waals surface area contributed by atoms with Crippen LogP contribution in [0.5, 0.6) is 0 Å². The van der Waals surface area contributed by atoms with Crippen LogP contribution in [-0.4, -0.2) is 21.7 Å². The van der Waals surface area contributed by atoms with E-state index < -0.39 is 0 Å². The van der Waals surface area contributed by atoms with E-state index in [4.69, 9.17) is 0 Å². The highest BCUT2D eigenvalue weighted by atomic mass is 32.2. The van der Waals surface area contributed by atoms with Crippen molar-refractivity contribution in [3.63, 3.8) is 0 Å². The molecule has 2 heterocycles. The minimum atomic E-state index is 0.706. The van der Waals surface area contributed by atoms with Crippen LogP contribution in [0.2, 0.25) is 0 Å². The predicted molar refractivity (Wildman–Crippen MR) is 87.8 cm³/mol. The summed E-state index contributed by atoms with van der Waals surface area (Å²) in [7, 11) is 0. The lowest BCUT2D eigenvalue weighted by atomic mass is 10.3. The van der Waals surface area contributed by atoms with Crippen molar-refractivity contribution in [3.05, 3.63) is 41.9 Å². The maximum atomic E-state index is 4.61. The average molecular weight is 320 g/mol. The second-order valence-electron chi connectivity index (χ2n) is 3.91. The number of nitrogens with one attached hydrogen (secondary N) is 1. The van der Waals surface area contributed by atoms with Gasteiger partial charge in [0, 0.05) is 6.54 Å². The summed E-state index contributed by atoms with van der Waals surface area (Å²) in [6.07, 6.45) is 1.80. The summed E-state index contributed by atoms with van der Waals surface area (Å²) in [5.74, 6) is 0.829. The third-order valence-corrected chi connectivity index (χ3v) is 5.71. The Hall–Kier alpha value is -1.44. The van der Waals surface area contributed by atoms with Gasteiger partial charge in [0.05, 0.1) is 16.0 Å². The Bertz CT molecular complexity index is 686. The second kappa shape index (κ2) is 6.34. The van der Waals surface area contributed by atoms with Gasteiger partial charge in [-0.25, -0.2) is 4.98 Å². The number of nitrogens with zero attached hydrogens (tertiary/aromatic N) is 3. The Labute approximate surface area is 129 Å². The molecule has 0 bridgehead atoms. The molecule has 0 saturated heterocycles. The van der Waals surface area contributed by atoms with Gasteiger partial charge in [-0.3, -0.25) is 0 Å². The lowest BCUT2D eigenvalue weighted by Crippen LogP contribution is -1.96. The number of hydrogen-bond acceptors (Lipinski definition) is 7. The summed E-state index contributed by atoms with van der Waals surface area (Å²) in [5, 5.41) is 13.3. The van der Waals surface area contributed by atoms with Gasteiger partial charge in [-0.05, 0) is 12.1 Å². The van der Waals surface area contributed by atoms with Gasteiger partial charge in [-0.1, -0.05) is 41.3 Å². The predicted octanol–water partition coefficient (Wildman–Crippen LogP) is 4.04. The lowest BCUT2D eigenvalue weighted by molar-refractivity contribution is 1.01. The van der Waals surface area contributed by atoms with Crippen LogP contribution >= 0.6 is 34.4 Å². The minimum Gasteiger partial charge on any atom is -0.357 e. The quantitative estimate of drug-likeness (QED) is 0.549. The van der Waals surface area contributed by atoms with Crippen molar-refractivity contribution in [2.75, 3.05) is 11.9 Å². The number of benzene rings is 1. The molecule has 0 spiro atoms. The number of rotatable bonds is 6. The molecule has 102 valence electrons. The average Bonchev–Trinajstić information content (AvgIpc) is 3.09. The molecule has 0 amide bonds. The van der Waals surface area contributed by atoms with E-state index in [0.29, 0.717) is 6.54 Å². The SMILES string of the molecule is C=CCNc1nnc(SCc2nc3ccccc3s2)s1. The molecular formula is C13H12N4S3. The molecule has 3 aromatic rings. The Kier molecular flexibility index (Phi) is 4.29. The number of fused-ring (bicyclic) bond motifs is 1. The highest BCUT2D eigenvalue weighted by Crippen LogP contribution is 2.31. The van der Waals surface area contributed by atoms with E-state index in [1.54, 1.807) is 40.5 Å². The molecule has 7 heteroatoms. The van der Waals surface area contributed by atoms with Gasteiger partial charge in [-0.15, -0.1) is 28.1 Å². The minimum absolute atomic E-state index is 0.706. The molecule has 0 aliphatic rings. The molecule has 20 heavy (non-hydrogen) atoms. The van der Waals surface area contributed by atoms with Crippen molar-refractivity contribution in [2.24, 2.45) is 0 Å². The molecule has 4 nitrogen and oxygen atoms in total. The first kappa shape index (κ1) is 13.5. The van der Waals surface area contributed by atoms with Crippen molar-refractivity contribution in [2.45, 2.75) is 10.1 Å². The molecule has 0 radical (unpaired) electrons. The maximum Gasteiger partial charge on any atom is 0.206 e. The van der Waals surface area contributed by atoms with Gasteiger partial charge in [-0.2, -0.15) is 0 Å². The van der Waals surface area contributed by atoms with E-state index in [-0.39, 0.29) is 0 Å². The van der Waals surface area contributed by atoms with Crippen LogP contribution in [0.15, 0.2) is 41.3 Å². The van der Waals surface area contributed by atoms with Crippen molar-refractivity contribution in [1.29, 1.82) is 0 Å². The van der Waals surface area contributed by atoms with Gasteiger partial charge >= 0.3 is 0 Å². The number of thioether (sulfide) groups is 1. The number of aromatic nitrogens is 3. The van der Waals surface area contributed by atoms with E-state index in [9.17, 15) is 0 Å². The van der Waals surface area contributed by atoms with Crippen molar-refractivity contribution in [1.82, 2.24) is 15.2 Å². The van der Waals surface area contributed by atoms with Gasteiger partial charge in [0.15, 0.2) is 4.34 Å². The van der Waals surface area contributed by atoms with E-state index in [0.717, 1.165) is 25.7 Å². The van der Waals surface area contributed by atoms with Crippen molar-refractivity contribution >= 4 is 49.8 Å². The molecule has 2 aromatic heterocycles. The van der Waals surface area contributed by atoms with Gasteiger partial charge in [0.2, 0.25) is 5.13 Å². The van der Waals surface area contributed by atoms with Crippen LogP contribution in [0.3, 0.4) is 0 Å². The van der Waals surface area contributed by atoms with Gasteiger partial charge < -0.3 is 5.32 Å². The summed E-state index contributed by atoms with van der Waals surface area (Å²) in [6, 6.07) is 8.20. The van der Waals surface area contributed by atoms with E-state index in [1.807, 2.05) is 18.2 Å². The fourth-order valence-electron chi connectivity index (χ4n) is 1.60. The molecule has 0 aliphatic carbocycles. The molecule has 0 saturated carbocycles. The first-order valence-corrected chi connectivity index (χ1v) is 8.62. The van der Waals surface area contributed by atoms with Gasteiger partial charge in [0.1, 0.15) is 5.01 Å². The van der Waals surface area contributed by atoms with E-state index >= 15 is 0 Å². The molecule has 0 unspecified atom stereocenters. The zero-order valence-electron chi connectivity index (χ0n) is 10.6. The molecule has 0 atom stereocenters. The normalized spacial score (nSPS) is 10.8. The fourth-order valence-corrected chi connectivity index (χ4v) is 4.32. The maximum absolute atomic E-state index is 4.61. The monoisotopic (exact) mass is 320 g/mol. The third-order valence-electron chi connectivity index (χ3n) is 2.46. The van der Waals surface area contributed by atoms with Crippen LogP contribution in [-0.2, 0) is 5.75 Å². The van der Waals surface area contributed by atoms with E-state index in [2.05, 4.69) is 33.1 Å². The highest BCUT2D eigenvalue weighted by Gasteiger charge is 2.07. The standard InChI is InChI=1S/C13H12N4S3/c1-2-7-14-12-16-17-13(20-12)18-8-11-15-9-5-3-4-6-10(9)19-11/h2-6H,1,7-8H2,(H,14,16). The van der Waals surface area contributed by atoms with Crippen molar-refractivity contribution in [3.8, 4) is 0 Å². The first-order chi connectivity index (χ1) is 9.85. The first-order valence-electron chi connectivity index (χ1n) is 6.00. The van der Waals surface area contributed by atoms with Gasteiger partial charge in [0.25, 0.3) is 0 Å². The smallest absolute Gasteiger partial charge is 0.206 e. The summed E-state index contributed by atoms with van der Waals surface area (Å²) in [6.45, 7) is 4.37. The third kappa shape index (κ3) is 3.17. The topological polar surface area (TPSA) is 50.7 Å². The summed E-state index contributed by atoms with van der Waals surface area (Å²) < 4.78 is 2.18. The van der Waals surface area contributed by atoms with Crippen LogP contribution in [0.1, 0.15) is 5.01 Å². The van der Waals surface area contributed by atoms with Crippen LogP contribution in [0.25, 0.3) is 10.2 Å². The molecule has 0 fully saturated rings. The summed E-state index contributed by atoms with van der Waals surface area (Å²) in [5.41, 5.74) is 1.07. The molecule has 1 N–H and O–H groups in total. The Morgan fingerprint density at radius 1 is 1.25 bits per heavy atom. The van der Waals surface area contributed by atoms with Crippen LogP contribution in [0.4, 0.5) is 5.13 Å². The molecule has 3 rings (SSSR count). The number of hydrogen-bond donors (Lipinski definition) is 1. The second-order valence-corrected chi connectivity index (χ2v) is 7.22. The molecule has 0 aliphatic heterocycles. The highest BCUT2D eigenvalue weighted by molar-refractivity contribution is 8.00. The number of para-hydroxylation sites is 1. The number of anilines is 1. The summed E-state index contributed by atoms with van der Waals surface area (Å²) in [4.78, 5) is 4.61. The largest absolute Gasteiger partial charge is 0.357 e. The molecular weight excluding hydrogens is 308 g/mol. The van der Waals surface area contributed by atoms with Crippen molar-refractivity contribution < 1.29 is 0 Å². The fraction of sp³-hybridized carbons (Fsp3) is 0.154. The molecule has 1 aromatic carbocycles. The number of thiazole rings is 1. The van der Waals surface area contributed by atoms with Crippen LogP contribution in [0, 0.1) is 0 Å². The zero-order chi connectivity index (χ0) is 13.8. The van der Waals surface area contributed by atoms with E-state index in [1.165, 1.54) is 4.70 Å².